The Bertz CT molecular complexity index is 484. The maximum Gasteiger partial charge on any atom is 0.326 e. The van der Waals surface area contributed by atoms with E-state index in [2.05, 4.69) is 0 Å². The molecule has 6 nitrogen and oxygen atoms in total. The Labute approximate surface area is 113 Å². The van der Waals surface area contributed by atoms with E-state index in [0.29, 0.717) is 0 Å². The van der Waals surface area contributed by atoms with Crippen LogP contribution in [0, 0.1) is 10.1 Å². The van der Waals surface area contributed by atoms with E-state index in [4.69, 9.17) is 28.3 Å². The van der Waals surface area contributed by atoms with Crippen molar-refractivity contribution in [3.63, 3.8) is 0 Å². The van der Waals surface area contributed by atoms with Gasteiger partial charge >= 0.3 is 5.97 Å². The third-order valence-corrected chi connectivity index (χ3v) is 3.08. The van der Waals surface area contributed by atoms with Gasteiger partial charge in [-0.25, -0.2) is 4.79 Å². The second kappa shape index (κ2) is 5.41. The molecule has 0 saturated carbocycles. The average Bonchev–Trinajstić information content (AvgIpc) is 2.26. The van der Waals surface area contributed by atoms with Gasteiger partial charge in [0.05, 0.1) is 20.7 Å². The molecular weight excluding hydrogens is 283 g/mol. The number of rotatable bonds is 4. The molecule has 0 aliphatic carbocycles. The van der Waals surface area contributed by atoms with Gasteiger partial charge in [-0.3, -0.25) is 10.1 Å². The summed E-state index contributed by atoms with van der Waals surface area (Å²) in [7, 11) is 1.50. The van der Waals surface area contributed by atoms with Gasteiger partial charge in [-0.2, -0.15) is 0 Å². The van der Waals surface area contributed by atoms with Gasteiger partial charge in [-0.05, 0) is 6.92 Å². The first-order valence-corrected chi connectivity index (χ1v) is 5.60. The van der Waals surface area contributed by atoms with E-state index in [1.54, 1.807) is 0 Å². The molecule has 1 aromatic carbocycles. The van der Waals surface area contributed by atoms with Gasteiger partial charge in [-0.15, -0.1) is 0 Å². The highest BCUT2D eigenvalue weighted by Gasteiger charge is 2.23. The first kappa shape index (κ1) is 14.5. The van der Waals surface area contributed by atoms with E-state index in [9.17, 15) is 14.9 Å². The predicted molar refractivity (Wildman–Crippen MR) is 68.6 cm³/mol. The number of hydrogen-bond donors (Lipinski definition) is 1. The number of benzene rings is 1. The zero-order valence-corrected chi connectivity index (χ0v) is 11.1. The monoisotopic (exact) mass is 292 g/mol. The number of nitrogens with zero attached hydrogens (tertiary/aromatic N) is 2. The zero-order valence-electron chi connectivity index (χ0n) is 9.55. The summed E-state index contributed by atoms with van der Waals surface area (Å²) in [6, 6.07) is 1.41. The molecule has 0 heterocycles. The number of nitro benzene ring substituents is 1. The number of likely N-dealkylation sites (N-methyl/N-ethyl adjacent to an activating group) is 1. The summed E-state index contributed by atoms with van der Waals surface area (Å²) in [4.78, 5) is 22.2. The quantitative estimate of drug-likeness (QED) is 0.681. The van der Waals surface area contributed by atoms with Crippen LogP contribution in [-0.4, -0.2) is 29.1 Å². The first-order chi connectivity index (χ1) is 8.25. The lowest BCUT2D eigenvalue weighted by atomic mass is 10.2. The standard InChI is InChI=1S/C10H10Cl2N2O4/c1-5(10(15)16)13(2)9-7(11)3-6(14(17)18)4-8(9)12/h3-5H,1-2H3,(H,15,16). The SMILES string of the molecule is CC(C(=O)O)N(C)c1c(Cl)cc([N+](=O)[O-])cc1Cl. The fourth-order valence-corrected chi connectivity index (χ4v) is 2.10. The van der Waals surface area contributed by atoms with E-state index in [1.807, 2.05) is 0 Å². The number of halogens is 2. The molecule has 18 heavy (non-hydrogen) atoms. The fraction of sp³-hybridized carbons (Fsp3) is 0.300. The normalized spacial score (nSPS) is 12.0. The molecule has 0 amide bonds. The lowest BCUT2D eigenvalue weighted by Gasteiger charge is -2.25. The Morgan fingerprint density at radius 3 is 2.22 bits per heavy atom. The van der Waals surface area contributed by atoms with Crippen LogP contribution in [-0.2, 0) is 4.79 Å². The summed E-state index contributed by atoms with van der Waals surface area (Å²) in [6.45, 7) is 1.45. The van der Waals surface area contributed by atoms with E-state index in [-0.39, 0.29) is 21.4 Å². The maximum absolute atomic E-state index is 10.9. The Kier molecular flexibility index (Phi) is 4.37. The van der Waals surface area contributed by atoms with Crippen LogP contribution in [0.5, 0.6) is 0 Å². The van der Waals surface area contributed by atoms with Crippen molar-refractivity contribution in [2.75, 3.05) is 11.9 Å². The van der Waals surface area contributed by atoms with Gasteiger partial charge in [0.1, 0.15) is 6.04 Å². The number of non-ortho nitro benzene ring substituents is 1. The molecule has 1 N–H and O–H groups in total. The summed E-state index contributed by atoms with van der Waals surface area (Å²) in [6.07, 6.45) is 0. The molecular formula is C10H10Cl2N2O4. The van der Waals surface area contributed by atoms with Gasteiger partial charge < -0.3 is 10.0 Å². The van der Waals surface area contributed by atoms with Crippen LogP contribution < -0.4 is 4.90 Å². The number of carboxylic acid groups (broad SMARTS) is 1. The molecule has 1 atom stereocenters. The van der Waals surface area contributed by atoms with Crippen molar-refractivity contribution >= 4 is 40.5 Å². The Morgan fingerprint density at radius 1 is 1.44 bits per heavy atom. The van der Waals surface area contributed by atoms with Crippen molar-refractivity contribution in [2.24, 2.45) is 0 Å². The molecule has 1 rings (SSSR count). The number of nitro groups is 1. The second-order valence-corrected chi connectivity index (χ2v) is 4.45. The van der Waals surface area contributed by atoms with Crippen LogP contribution in [0.15, 0.2) is 12.1 Å². The number of carbonyl (C=O) groups is 1. The number of carboxylic acids is 1. The molecule has 0 aromatic heterocycles. The molecule has 0 fully saturated rings. The third-order valence-electron chi connectivity index (χ3n) is 2.50. The Hall–Kier alpha value is -1.53. The van der Waals surface area contributed by atoms with Crippen LogP contribution in [0.3, 0.4) is 0 Å². The average molecular weight is 293 g/mol. The molecule has 0 aliphatic heterocycles. The van der Waals surface area contributed by atoms with Gasteiger partial charge in [0, 0.05) is 19.2 Å². The minimum Gasteiger partial charge on any atom is -0.480 e. The summed E-state index contributed by atoms with van der Waals surface area (Å²) in [5.41, 5.74) is 0.00367. The third kappa shape index (κ3) is 2.83. The van der Waals surface area contributed by atoms with Gasteiger partial charge in [0.2, 0.25) is 0 Å². The van der Waals surface area contributed by atoms with E-state index >= 15 is 0 Å². The van der Waals surface area contributed by atoms with Crippen molar-refractivity contribution in [3.05, 3.63) is 32.3 Å². The number of anilines is 1. The maximum atomic E-state index is 10.9. The van der Waals surface area contributed by atoms with Gasteiger partial charge in [-0.1, -0.05) is 23.2 Å². The highest BCUT2D eigenvalue weighted by Crippen LogP contribution is 2.37. The molecule has 0 spiro atoms. The van der Waals surface area contributed by atoms with Crippen LogP contribution in [0.1, 0.15) is 6.92 Å². The smallest absolute Gasteiger partial charge is 0.326 e. The molecule has 0 bridgehead atoms. The summed E-state index contributed by atoms with van der Waals surface area (Å²) in [5.74, 6) is -1.05. The molecule has 1 unspecified atom stereocenters. The minimum atomic E-state index is -1.05. The van der Waals surface area contributed by atoms with E-state index < -0.39 is 16.9 Å². The molecule has 0 saturated heterocycles. The van der Waals surface area contributed by atoms with Crippen molar-refractivity contribution < 1.29 is 14.8 Å². The van der Waals surface area contributed by atoms with E-state index in [0.717, 1.165) is 12.1 Å². The fourth-order valence-electron chi connectivity index (χ4n) is 1.35. The predicted octanol–water partition coefficient (Wildman–Crippen LogP) is 2.81. The van der Waals surface area contributed by atoms with Crippen LogP contribution >= 0.6 is 23.2 Å². The summed E-state index contributed by atoms with van der Waals surface area (Å²) < 4.78 is 0. The molecule has 0 radical (unpaired) electrons. The van der Waals surface area contributed by atoms with Crippen LogP contribution in [0.2, 0.25) is 10.0 Å². The Morgan fingerprint density at radius 2 is 1.89 bits per heavy atom. The highest BCUT2D eigenvalue weighted by atomic mass is 35.5. The lowest BCUT2D eigenvalue weighted by Crippen LogP contribution is -2.36. The zero-order chi connectivity index (χ0) is 14.0. The summed E-state index contributed by atoms with van der Waals surface area (Å²) in [5, 5.41) is 19.6. The topological polar surface area (TPSA) is 83.7 Å². The highest BCUT2D eigenvalue weighted by molar-refractivity contribution is 6.39. The molecule has 8 heteroatoms. The lowest BCUT2D eigenvalue weighted by molar-refractivity contribution is -0.384. The van der Waals surface area contributed by atoms with Crippen molar-refractivity contribution in [2.45, 2.75) is 13.0 Å². The molecule has 1 aromatic rings. The van der Waals surface area contributed by atoms with E-state index in [1.165, 1.54) is 18.9 Å². The van der Waals surface area contributed by atoms with Crippen molar-refractivity contribution in [1.82, 2.24) is 0 Å². The first-order valence-electron chi connectivity index (χ1n) is 4.84. The number of hydrogen-bond acceptors (Lipinski definition) is 4. The van der Waals surface area contributed by atoms with Crippen molar-refractivity contribution in [3.8, 4) is 0 Å². The Balaban J connectivity index is 3.26. The molecule has 98 valence electrons. The van der Waals surface area contributed by atoms with Crippen LogP contribution in [0.4, 0.5) is 11.4 Å². The van der Waals surface area contributed by atoms with Gasteiger partial charge in [0.15, 0.2) is 0 Å². The second-order valence-electron chi connectivity index (χ2n) is 3.64. The van der Waals surface area contributed by atoms with Crippen molar-refractivity contribution in [1.29, 1.82) is 0 Å². The largest absolute Gasteiger partial charge is 0.480 e. The number of aliphatic carboxylic acids is 1. The summed E-state index contributed by atoms with van der Waals surface area (Å²) >= 11 is 11.8. The van der Waals surface area contributed by atoms with Gasteiger partial charge in [0.25, 0.3) is 5.69 Å². The van der Waals surface area contributed by atoms with Crippen LogP contribution in [0.25, 0.3) is 0 Å². The minimum absolute atomic E-state index is 0.0322. The molecule has 0 aliphatic rings.